The lowest BCUT2D eigenvalue weighted by molar-refractivity contribution is -0.0324. The van der Waals surface area contributed by atoms with Crippen LogP contribution in [0.25, 0.3) is 5.69 Å². The molecule has 12 heteroatoms. The van der Waals surface area contributed by atoms with Gasteiger partial charge in [0.05, 0.1) is 25.5 Å². The van der Waals surface area contributed by atoms with E-state index < -0.39 is 6.29 Å². The number of nitrogens with one attached hydrogen (secondary N) is 1. The summed E-state index contributed by atoms with van der Waals surface area (Å²) in [5.74, 6) is 0.646. The minimum Gasteiger partial charge on any atom is -0.494 e. The summed E-state index contributed by atoms with van der Waals surface area (Å²) in [5, 5.41) is 12.7. The van der Waals surface area contributed by atoms with E-state index in [0.29, 0.717) is 34.9 Å². The van der Waals surface area contributed by atoms with Crippen molar-refractivity contribution in [2.75, 3.05) is 13.7 Å². The third-order valence-electron chi connectivity index (χ3n) is 4.37. The molecule has 3 heterocycles. The largest absolute Gasteiger partial charge is 0.494 e. The van der Waals surface area contributed by atoms with Crippen LogP contribution in [-0.2, 0) is 9.47 Å². The highest BCUT2D eigenvalue weighted by Gasteiger charge is 2.44. The number of para-hydroxylation sites is 2. The molecule has 142 valence electrons. The predicted octanol–water partition coefficient (Wildman–Crippen LogP) is 0.682. The zero-order valence-electron chi connectivity index (χ0n) is 14.3. The Bertz CT molecular complexity index is 957. The molecule has 2 aliphatic heterocycles. The van der Waals surface area contributed by atoms with Gasteiger partial charge in [-0.15, -0.1) is 0 Å². The number of ether oxygens (including phenoxy) is 3. The second-order valence-electron chi connectivity index (χ2n) is 5.98. The number of benzene rings is 1. The van der Waals surface area contributed by atoms with Crippen molar-refractivity contribution in [2.45, 2.75) is 24.9 Å². The molecule has 2 aromatic rings. The number of tetrazole rings is 1. The van der Waals surface area contributed by atoms with Gasteiger partial charge in [-0.25, -0.2) is 4.68 Å². The van der Waals surface area contributed by atoms with Crippen LogP contribution < -0.4 is 15.9 Å². The van der Waals surface area contributed by atoms with Gasteiger partial charge < -0.3 is 19.9 Å². The monoisotopic (exact) mass is 407 g/mol. The molecule has 1 aromatic carbocycles. The maximum absolute atomic E-state index is 5.88. The van der Waals surface area contributed by atoms with Crippen molar-refractivity contribution in [1.29, 1.82) is 0 Å². The molecule has 0 saturated carbocycles. The van der Waals surface area contributed by atoms with Crippen LogP contribution in [0.4, 0.5) is 0 Å². The van der Waals surface area contributed by atoms with Crippen molar-refractivity contribution < 1.29 is 14.2 Å². The standard InChI is InChI=1S/C15H17N7O3S2/c1-23-11-5-3-2-4-9(11)21-15(27)22(20-19-21)10-6-8(17-18-14(16)26)13-24-7-12(10)25-13/h2-5,10,12-13H,6-7H2,1H3,(H3,16,18,26)/t10-,12+,13+/m0/s1. The first-order valence-corrected chi connectivity index (χ1v) is 8.97. The van der Waals surface area contributed by atoms with Gasteiger partial charge in [0.25, 0.3) is 0 Å². The molecule has 10 nitrogen and oxygen atoms in total. The zero-order valence-corrected chi connectivity index (χ0v) is 15.9. The summed E-state index contributed by atoms with van der Waals surface area (Å²) < 4.78 is 20.5. The summed E-state index contributed by atoms with van der Waals surface area (Å²) in [5.41, 5.74) is 9.36. The molecule has 27 heavy (non-hydrogen) atoms. The van der Waals surface area contributed by atoms with Crippen LogP contribution in [0.2, 0.25) is 0 Å². The lowest BCUT2D eigenvalue weighted by atomic mass is 10.0. The van der Waals surface area contributed by atoms with E-state index in [1.165, 1.54) is 0 Å². The highest BCUT2D eigenvalue weighted by atomic mass is 32.1. The maximum atomic E-state index is 5.88. The van der Waals surface area contributed by atoms with Gasteiger partial charge in [0.1, 0.15) is 17.5 Å². The summed E-state index contributed by atoms with van der Waals surface area (Å²) in [4.78, 5) is 0. The van der Waals surface area contributed by atoms with Gasteiger partial charge in [-0.1, -0.05) is 12.1 Å². The Balaban J connectivity index is 1.68. The minimum absolute atomic E-state index is 0.0675. The number of nitrogens with zero attached hydrogens (tertiary/aromatic N) is 5. The minimum atomic E-state index is -0.522. The SMILES string of the molecule is COc1ccccc1-n1nnn([C@H]2CC(=NNC(N)=S)[C@@H]3OC[C@H]2O3)c1=S. The van der Waals surface area contributed by atoms with Crippen molar-refractivity contribution >= 4 is 35.3 Å². The van der Waals surface area contributed by atoms with Crippen molar-refractivity contribution in [1.82, 2.24) is 25.2 Å². The molecule has 3 atom stereocenters. The lowest BCUT2D eigenvalue weighted by Crippen LogP contribution is -2.39. The fourth-order valence-electron chi connectivity index (χ4n) is 3.13. The van der Waals surface area contributed by atoms with E-state index in [1.807, 2.05) is 24.3 Å². The number of fused-ring (bicyclic) bond motifs is 2. The molecule has 0 radical (unpaired) electrons. The van der Waals surface area contributed by atoms with Crippen molar-refractivity contribution in [2.24, 2.45) is 10.8 Å². The van der Waals surface area contributed by atoms with Crippen LogP contribution in [0.3, 0.4) is 0 Å². The average molecular weight is 407 g/mol. The van der Waals surface area contributed by atoms with Gasteiger partial charge in [0.15, 0.2) is 11.4 Å². The number of hydrazone groups is 1. The second-order valence-corrected chi connectivity index (χ2v) is 6.79. The molecular weight excluding hydrogens is 390 g/mol. The molecule has 4 rings (SSSR count). The molecule has 0 unspecified atom stereocenters. The Labute approximate surface area is 164 Å². The number of nitrogens with two attached hydrogens (primary N) is 1. The van der Waals surface area contributed by atoms with Crippen LogP contribution in [0.1, 0.15) is 12.5 Å². The van der Waals surface area contributed by atoms with Gasteiger partial charge in [-0.05, 0) is 47.0 Å². The molecule has 3 N–H and O–H groups in total. The molecule has 2 bridgehead atoms. The summed E-state index contributed by atoms with van der Waals surface area (Å²) in [6.07, 6.45) is -0.205. The number of thiocarbonyl (C=S) groups is 1. The van der Waals surface area contributed by atoms with E-state index in [2.05, 4.69) is 21.0 Å². The predicted molar refractivity (Wildman–Crippen MR) is 102 cm³/mol. The van der Waals surface area contributed by atoms with Crippen LogP contribution >= 0.6 is 24.4 Å². The number of rotatable bonds is 4. The second kappa shape index (κ2) is 7.31. The van der Waals surface area contributed by atoms with E-state index in [4.69, 9.17) is 44.4 Å². The average Bonchev–Trinajstić information content (AvgIpc) is 3.26. The van der Waals surface area contributed by atoms with E-state index >= 15 is 0 Å². The summed E-state index contributed by atoms with van der Waals surface area (Å²) >= 11 is 10.4. The van der Waals surface area contributed by atoms with Gasteiger partial charge in [0, 0.05) is 6.42 Å². The van der Waals surface area contributed by atoms with Crippen molar-refractivity contribution in [3.63, 3.8) is 0 Å². The molecule has 0 aliphatic carbocycles. The molecule has 2 aliphatic rings. The summed E-state index contributed by atoms with van der Waals surface area (Å²) in [7, 11) is 1.59. The summed E-state index contributed by atoms with van der Waals surface area (Å²) in [6, 6.07) is 7.23. The van der Waals surface area contributed by atoms with E-state index in [9.17, 15) is 0 Å². The highest BCUT2D eigenvalue weighted by Crippen LogP contribution is 2.33. The van der Waals surface area contributed by atoms with E-state index in [-0.39, 0.29) is 17.3 Å². The Morgan fingerprint density at radius 1 is 1.41 bits per heavy atom. The number of hydrogen-bond donors (Lipinski definition) is 2. The fourth-order valence-corrected chi connectivity index (χ4v) is 3.48. The van der Waals surface area contributed by atoms with Crippen LogP contribution in [-0.4, -0.2) is 56.7 Å². The maximum Gasteiger partial charge on any atom is 0.221 e. The fraction of sp³-hybridized carbons (Fsp3) is 0.400. The Kier molecular flexibility index (Phi) is 4.86. The lowest BCUT2D eigenvalue weighted by Gasteiger charge is -2.27. The first-order valence-electron chi connectivity index (χ1n) is 8.15. The van der Waals surface area contributed by atoms with Gasteiger partial charge in [-0.2, -0.15) is 9.78 Å². The zero-order chi connectivity index (χ0) is 19.0. The molecule has 2 saturated heterocycles. The van der Waals surface area contributed by atoms with E-state index in [1.54, 1.807) is 16.5 Å². The smallest absolute Gasteiger partial charge is 0.221 e. The Morgan fingerprint density at radius 2 is 2.22 bits per heavy atom. The van der Waals surface area contributed by atoms with Crippen LogP contribution in [0, 0.1) is 4.77 Å². The third kappa shape index (κ3) is 3.32. The number of hydrogen-bond acceptors (Lipinski definition) is 8. The molecule has 1 aromatic heterocycles. The molecule has 0 spiro atoms. The summed E-state index contributed by atoms with van der Waals surface area (Å²) in [6.45, 7) is 0.407. The Morgan fingerprint density at radius 3 is 3.00 bits per heavy atom. The first-order chi connectivity index (χ1) is 13.1. The van der Waals surface area contributed by atoms with Crippen molar-refractivity contribution in [3.8, 4) is 11.4 Å². The van der Waals surface area contributed by atoms with Crippen LogP contribution in [0.5, 0.6) is 5.75 Å². The van der Waals surface area contributed by atoms with Crippen LogP contribution in [0.15, 0.2) is 29.4 Å². The molecule has 2 fully saturated rings. The highest BCUT2D eigenvalue weighted by molar-refractivity contribution is 7.80. The Hall–Kier alpha value is -2.41. The third-order valence-corrected chi connectivity index (χ3v) is 4.82. The van der Waals surface area contributed by atoms with Gasteiger partial charge in [-0.3, -0.25) is 5.43 Å². The molecular formula is C15H17N7O3S2. The first kappa shape index (κ1) is 18.0. The normalized spacial score (nSPS) is 25.5. The quantitative estimate of drug-likeness (QED) is 0.558. The number of methoxy groups -OCH3 is 1. The number of aromatic nitrogens is 4. The van der Waals surface area contributed by atoms with Crippen molar-refractivity contribution in [3.05, 3.63) is 29.0 Å². The topological polar surface area (TPSA) is 114 Å². The van der Waals surface area contributed by atoms with Gasteiger partial charge >= 0.3 is 0 Å². The molecule has 0 amide bonds. The van der Waals surface area contributed by atoms with Gasteiger partial charge in [0.2, 0.25) is 4.77 Å². The van der Waals surface area contributed by atoms with E-state index in [0.717, 1.165) is 0 Å².